The van der Waals surface area contributed by atoms with Crippen LogP contribution in [0, 0.1) is 0 Å². The van der Waals surface area contributed by atoms with Crippen LogP contribution < -0.4 is 10.6 Å². The van der Waals surface area contributed by atoms with E-state index < -0.39 is 0 Å². The van der Waals surface area contributed by atoms with Crippen molar-refractivity contribution in [2.24, 2.45) is 0 Å². The molecule has 2 heterocycles. The predicted molar refractivity (Wildman–Crippen MR) is 104 cm³/mol. The Hall–Kier alpha value is -3.55. The smallest absolute Gasteiger partial charge is 0.253 e. The van der Waals surface area contributed by atoms with Crippen molar-refractivity contribution >= 4 is 17.5 Å². The first-order valence-corrected chi connectivity index (χ1v) is 8.87. The number of benzene rings is 1. The van der Waals surface area contributed by atoms with Crippen molar-refractivity contribution in [1.82, 2.24) is 20.4 Å². The average molecular weight is 379 g/mol. The summed E-state index contributed by atoms with van der Waals surface area (Å²) >= 11 is 0. The molecule has 8 heteroatoms. The molecule has 0 fully saturated rings. The summed E-state index contributed by atoms with van der Waals surface area (Å²) in [6, 6.07) is 10.8. The zero-order chi connectivity index (χ0) is 20.1. The third-order valence-corrected chi connectivity index (χ3v) is 3.89. The molecular weight excluding hydrogens is 358 g/mol. The average Bonchev–Trinajstić information content (AvgIpc) is 3.15. The lowest BCUT2D eigenvalue weighted by Crippen LogP contribution is -2.23. The van der Waals surface area contributed by atoms with E-state index in [4.69, 9.17) is 4.52 Å². The number of rotatable bonds is 6. The molecule has 3 aromatic rings. The molecule has 0 aliphatic heterocycles. The highest BCUT2D eigenvalue weighted by atomic mass is 16.5. The fourth-order valence-electron chi connectivity index (χ4n) is 2.49. The standard InChI is InChI=1S/C20H21N5O3/c1-12(2)20-24-18(25-28-20)11-22-19(27)15-7-8-17(21-10-15)14-5-4-6-16(9-14)23-13(3)26/h4-10,12H,11H2,1-3H3,(H,22,27)(H,23,26). The van der Waals surface area contributed by atoms with E-state index in [1.54, 1.807) is 18.2 Å². The molecule has 2 aromatic heterocycles. The number of nitrogens with one attached hydrogen (secondary N) is 2. The topological polar surface area (TPSA) is 110 Å². The fraction of sp³-hybridized carbons (Fsp3) is 0.250. The number of nitrogens with zero attached hydrogens (tertiary/aromatic N) is 3. The second kappa shape index (κ2) is 8.43. The molecule has 0 bridgehead atoms. The van der Waals surface area contributed by atoms with E-state index >= 15 is 0 Å². The van der Waals surface area contributed by atoms with Gasteiger partial charge in [-0.1, -0.05) is 31.1 Å². The Labute approximate surface area is 162 Å². The van der Waals surface area contributed by atoms with Gasteiger partial charge in [-0.15, -0.1) is 0 Å². The number of carbonyl (C=O) groups is 2. The largest absolute Gasteiger partial charge is 0.345 e. The van der Waals surface area contributed by atoms with Gasteiger partial charge in [0.05, 0.1) is 17.8 Å². The Bertz CT molecular complexity index is 980. The van der Waals surface area contributed by atoms with Crippen LogP contribution in [0.1, 0.15) is 48.8 Å². The summed E-state index contributed by atoms with van der Waals surface area (Å²) < 4.78 is 5.11. The molecule has 2 amide bonds. The zero-order valence-electron chi connectivity index (χ0n) is 15.9. The second-order valence-electron chi connectivity index (χ2n) is 6.58. The summed E-state index contributed by atoms with van der Waals surface area (Å²) in [7, 11) is 0. The minimum atomic E-state index is -0.276. The van der Waals surface area contributed by atoms with Crippen molar-refractivity contribution in [2.75, 3.05) is 5.32 Å². The molecule has 0 spiro atoms. The van der Waals surface area contributed by atoms with Gasteiger partial charge in [0.2, 0.25) is 11.8 Å². The second-order valence-corrected chi connectivity index (χ2v) is 6.58. The molecular formula is C20H21N5O3. The number of hydrogen-bond acceptors (Lipinski definition) is 6. The third kappa shape index (κ3) is 4.79. The third-order valence-electron chi connectivity index (χ3n) is 3.89. The van der Waals surface area contributed by atoms with Crippen molar-refractivity contribution < 1.29 is 14.1 Å². The monoisotopic (exact) mass is 379 g/mol. The van der Waals surface area contributed by atoms with Gasteiger partial charge in [0.1, 0.15) is 0 Å². The van der Waals surface area contributed by atoms with Crippen molar-refractivity contribution in [3.8, 4) is 11.3 Å². The molecule has 0 unspecified atom stereocenters. The molecule has 8 nitrogen and oxygen atoms in total. The highest BCUT2D eigenvalue weighted by Crippen LogP contribution is 2.21. The summed E-state index contributed by atoms with van der Waals surface area (Å²) in [6.45, 7) is 5.54. The van der Waals surface area contributed by atoms with E-state index in [2.05, 4.69) is 25.8 Å². The van der Waals surface area contributed by atoms with Crippen molar-refractivity contribution in [3.05, 3.63) is 59.9 Å². The highest BCUT2D eigenvalue weighted by Gasteiger charge is 2.12. The van der Waals surface area contributed by atoms with Gasteiger partial charge in [0.15, 0.2) is 5.82 Å². The van der Waals surface area contributed by atoms with Crippen LogP contribution in [0.4, 0.5) is 5.69 Å². The van der Waals surface area contributed by atoms with Crippen molar-refractivity contribution in [1.29, 1.82) is 0 Å². The van der Waals surface area contributed by atoms with Crippen molar-refractivity contribution in [3.63, 3.8) is 0 Å². The highest BCUT2D eigenvalue weighted by molar-refractivity contribution is 5.94. The van der Waals surface area contributed by atoms with Crippen LogP contribution in [-0.2, 0) is 11.3 Å². The molecule has 0 saturated heterocycles. The Kier molecular flexibility index (Phi) is 5.78. The molecule has 0 radical (unpaired) electrons. The van der Waals surface area contributed by atoms with Crippen LogP contribution in [0.5, 0.6) is 0 Å². The summed E-state index contributed by atoms with van der Waals surface area (Å²) in [6.07, 6.45) is 1.51. The summed E-state index contributed by atoms with van der Waals surface area (Å²) in [5.74, 6) is 0.687. The van der Waals surface area contributed by atoms with Crippen LogP contribution in [0.25, 0.3) is 11.3 Å². The number of aromatic nitrogens is 3. The van der Waals surface area contributed by atoms with Gasteiger partial charge in [-0.3, -0.25) is 14.6 Å². The van der Waals surface area contributed by atoms with Gasteiger partial charge >= 0.3 is 0 Å². The van der Waals surface area contributed by atoms with E-state index in [1.807, 2.05) is 32.0 Å². The first-order chi connectivity index (χ1) is 13.4. The Balaban J connectivity index is 1.64. The molecule has 0 aliphatic carbocycles. The number of anilines is 1. The Morgan fingerprint density at radius 2 is 2.00 bits per heavy atom. The van der Waals surface area contributed by atoms with E-state index in [1.165, 1.54) is 13.1 Å². The molecule has 3 rings (SSSR count). The van der Waals surface area contributed by atoms with E-state index in [0.717, 1.165) is 5.56 Å². The minimum Gasteiger partial charge on any atom is -0.345 e. The lowest BCUT2D eigenvalue weighted by Gasteiger charge is -2.07. The fourth-order valence-corrected chi connectivity index (χ4v) is 2.49. The van der Waals surface area contributed by atoms with Crippen LogP contribution in [0.2, 0.25) is 0 Å². The van der Waals surface area contributed by atoms with Gasteiger partial charge in [-0.05, 0) is 24.3 Å². The number of amides is 2. The van der Waals surface area contributed by atoms with Crippen molar-refractivity contribution in [2.45, 2.75) is 33.2 Å². The van der Waals surface area contributed by atoms with E-state index in [0.29, 0.717) is 28.7 Å². The maximum Gasteiger partial charge on any atom is 0.253 e. The maximum atomic E-state index is 12.3. The summed E-state index contributed by atoms with van der Waals surface area (Å²) in [5, 5.41) is 9.32. The SMILES string of the molecule is CC(=O)Nc1cccc(-c2ccc(C(=O)NCc3noc(C(C)C)n3)cn2)c1. The Morgan fingerprint density at radius 1 is 1.18 bits per heavy atom. The Morgan fingerprint density at radius 3 is 2.64 bits per heavy atom. The molecule has 0 aliphatic rings. The summed E-state index contributed by atoms with van der Waals surface area (Å²) in [5.41, 5.74) is 2.65. The quantitative estimate of drug-likeness (QED) is 0.681. The normalized spacial score (nSPS) is 10.7. The van der Waals surface area contributed by atoms with Crippen LogP contribution in [0.3, 0.4) is 0 Å². The summed E-state index contributed by atoms with van der Waals surface area (Å²) in [4.78, 5) is 32.1. The van der Waals surface area contributed by atoms with Crippen LogP contribution >= 0.6 is 0 Å². The number of pyridine rings is 1. The van der Waals surface area contributed by atoms with E-state index in [9.17, 15) is 9.59 Å². The van der Waals surface area contributed by atoms with Gasteiger partial charge in [0.25, 0.3) is 5.91 Å². The molecule has 144 valence electrons. The molecule has 1 aromatic carbocycles. The number of carbonyl (C=O) groups excluding carboxylic acids is 2. The lowest BCUT2D eigenvalue weighted by molar-refractivity contribution is -0.114. The minimum absolute atomic E-state index is 0.137. The predicted octanol–water partition coefficient (Wildman–Crippen LogP) is 3.14. The maximum absolute atomic E-state index is 12.3. The molecule has 28 heavy (non-hydrogen) atoms. The molecule has 2 N–H and O–H groups in total. The first-order valence-electron chi connectivity index (χ1n) is 8.87. The van der Waals surface area contributed by atoms with Gasteiger partial charge < -0.3 is 15.2 Å². The first kappa shape index (κ1) is 19.2. The van der Waals surface area contributed by atoms with Crippen LogP contribution in [0.15, 0.2) is 47.1 Å². The van der Waals surface area contributed by atoms with Gasteiger partial charge in [0, 0.05) is 30.3 Å². The van der Waals surface area contributed by atoms with Gasteiger partial charge in [-0.2, -0.15) is 4.98 Å². The number of hydrogen-bond donors (Lipinski definition) is 2. The van der Waals surface area contributed by atoms with Gasteiger partial charge in [-0.25, -0.2) is 0 Å². The molecule has 0 atom stereocenters. The van der Waals surface area contributed by atoms with E-state index in [-0.39, 0.29) is 24.3 Å². The van der Waals surface area contributed by atoms with Crippen LogP contribution in [-0.4, -0.2) is 26.9 Å². The zero-order valence-corrected chi connectivity index (χ0v) is 15.9. The lowest BCUT2D eigenvalue weighted by atomic mass is 10.1. The molecule has 0 saturated carbocycles.